The first kappa shape index (κ1) is 18.4. The summed E-state index contributed by atoms with van der Waals surface area (Å²) in [5.41, 5.74) is 7.02. The van der Waals surface area contributed by atoms with Crippen LogP contribution in [0.25, 0.3) is 0 Å². The Morgan fingerprint density at radius 2 is 2.14 bits per heavy atom. The molecule has 2 rings (SSSR count). The molecule has 6 heteroatoms. The maximum absolute atomic E-state index is 12.3. The molecule has 21 heavy (non-hydrogen) atoms. The van der Waals surface area contributed by atoms with Gasteiger partial charge in [-0.15, -0.1) is 12.4 Å². The number of hydrogen-bond donors (Lipinski definition) is 1. The highest BCUT2D eigenvalue weighted by molar-refractivity contribution is 9.10. The van der Waals surface area contributed by atoms with E-state index in [9.17, 15) is 4.79 Å². The topological polar surface area (TPSA) is 55.6 Å². The molecule has 118 valence electrons. The first-order valence-electron chi connectivity index (χ1n) is 7.03. The van der Waals surface area contributed by atoms with E-state index < -0.39 is 0 Å². The van der Waals surface area contributed by atoms with Gasteiger partial charge < -0.3 is 15.4 Å². The van der Waals surface area contributed by atoms with Gasteiger partial charge in [-0.05, 0) is 24.1 Å². The van der Waals surface area contributed by atoms with Gasteiger partial charge in [0.05, 0.1) is 19.2 Å². The number of halogens is 2. The molecule has 1 aromatic rings. The first-order chi connectivity index (χ1) is 9.61. The number of benzene rings is 1. The Bertz CT molecular complexity index is 455. The lowest BCUT2D eigenvalue weighted by Gasteiger charge is -2.34. The van der Waals surface area contributed by atoms with Gasteiger partial charge in [-0.25, -0.2) is 0 Å². The highest BCUT2D eigenvalue weighted by Gasteiger charge is 2.27. The van der Waals surface area contributed by atoms with Crippen molar-refractivity contribution in [2.75, 3.05) is 19.7 Å². The molecule has 2 N–H and O–H groups in total. The van der Waals surface area contributed by atoms with Crippen molar-refractivity contribution >= 4 is 34.2 Å². The van der Waals surface area contributed by atoms with Crippen LogP contribution >= 0.6 is 28.3 Å². The summed E-state index contributed by atoms with van der Waals surface area (Å²) in [6.07, 6.45) is 1.60. The Hall–Kier alpha value is -0.620. The minimum absolute atomic E-state index is 0. The van der Waals surface area contributed by atoms with Crippen LogP contribution in [-0.2, 0) is 9.53 Å². The third-order valence-electron chi connectivity index (χ3n) is 3.54. The van der Waals surface area contributed by atoms with Crippen molar-refractivity contribution in [1.82, 2.24) is 4.90 Å². The molecule has 1 aromatic carbocycles. The van der Waals surface area contributed by atoms with Gasteiger partial charge in [-0.3, -0.25) is 4.79 Å². The molecule has 0 bridgehead atoms. The Kier molecular flexibility index (Phi) is 7.66. The summed E-state index contributed by atoms with van der Waals surface area (Å²) >= 11 is 3.42. The van der Waals surface area contributed by atoms with E-state index in [1.165, 1.54) is 0 Å². The molecular weight excluding hydrogens is 356 g/mol. The van der Waals surface area contributed by atoms with Crippen molar-refractivity contribution < 1.29 is 9.53 Å². The monoisotopic (exact) mass is 376 g/mol. The largest absolute Gasteiger partial charge is 0.370 e. The second-order valence-electron chi connectivity index (χ2n) is 5.09. The summed E-state index contributed by atoms with van der Waals surface area (Å²) < 4.78 is 6.81. The van der Waals surface area contributed by atoms with Gasteiger partial charge >= 0.3 is 0 Å². The number of amides is 1. The van der Waals surface area contributed by atoms with Gasteiger partial charge in [0.25, 0.3) is 0 Å². The molecule has 0 radical (unpaired) electrons. The van der Waals surface area contributed by atoms with Crippen LogP contribution in [0.5, 0.6) is 0 Å². The molecule has 0 saturated carbocycles. The fourth-order valence-corrected chi connectivity index (χ4v) is 2.66. The van der Waals surface area contributed by atoms with Crippen LogP contribution in [-0.4, -0.2) is 36.5 Å². The molecule has 1 saturated heterocycles. The summed E-state index contributed by atoms with van der Waals surface area (Å²) in [6.45, 7) is 3.81. The van der Waals surface area contributed by atoms with E-state index in [2.05, 4.69) is 15.9 Å². The summed E-state index contributed by atoms with van der Waals surface area (Å²) in [5.74, 6) is 0.0391. The SMILES string of the molecule is CCCC(N)C(=O)N1CCOC(c2ccc(Br)cc2)C1.Cl. The molecule has 0 spiro atoms. The molecule has 0 aliphatic carbocycles. The normalized spacial score (nSPS) is 19.8. The molecule has 1 aliphatic rings. The third kappa shape index (κ3) is 4.95. The van der Waals surface area contributed by atoms with Gasteiger partial charge in [0.2, 0.25) is 5.91 Å². The van der Waals surface area contributed by atoms with E-state index in [0.717, 1.165) is 22.9 Å². The predicted octanol–water partition coefficient (Wildman–Crippen LogP) is 2.90. The molecule has 2 atom stereocenters. The van der Waals surface area contributed by atoms with E-state index >= 15 is 0 Å². The average Bonchev–Trinajstić information content (AvgIpc) is 2.47. The van der Waals surface area contributed by atoms with E-state index in [1.54, 1.807) is 0 Å². The standard InChI is InChI=1S/C15H21BrN2O2.ClH/c1-2-3-13(17)15(19)18-8-9-20-14(10-18)11-4-6-12(16)7-5-11;/h4-7,13-14H,2-3,8-10,17H2,1H3;1H. The lowest BCUT2D eigenvalue weighted by atomic mass is 10.1. The zero-order valence-electron chi connectivity index (χ0n) is 12.1. The number of nitrogens with two attached hydrogens (primary N) is 1. The number of rotatable bonds is 4. The number of nitrogens with zero attached hydrogens (tertiary/aromatic N) is 1. The Balaban J connectivity index is 0.00000220. The molecule has 1 heterocycles. The van der Waals surface area contributed by atoms with Crippen molar-refractivity contribution in [1.29, 1.82) is 0 Å². The van der Waals surface area contributed by atoms with Crippen LogP contribution in [0, 0.1) is 0 Å². The Labute approximate surface area is 140 Å². The van der Waals surface area contributed by atoms with E-state index in [0.29, 0.717) is 19.7 Å². The van der Waals surface area contributed by atoms with Crippen LogP contribution < -0.4 is 5.73 Å². The van der Waals surface area contributed by atoms with Crippen LogP contribution in [0.3, 0.4) is 0 Å². The number of hydrogen-bond acceptors (Lipinski definition) is 3. The fourth-order valence-electron chi connectivity index (χ4n) is 2.40. The average molecular weight is 378 g/mol. The van der Waals surface area contributed by atoms with E-state index in [4.69, 9.17) is 10.5 Å². The lowest BCUT2D eigenvalue weighted by Crippen LogP contribution is -2.49. The first-order valence-corrected chi connectivity index (χ1v) is 7.82. The van der Waals surface area contributed by atoms with Crippen LogP contribution in [0.1, 0.15) is 31.4 Å². The molecule has 2 unspecified atom stereocenters. The summed E-state index contributed by atoms with van der Waals surface area (Å²) in [4.78, 5) is 14.1. The van der Waals surface area contributed by atoms with Crippen LogP contribution in [0.4, 0.5) is 0 Å². The Morgan fingerprint density at radius 3 is 2.76 bits per heavy atom. The zero-order valence-corrected chi connectivity index (χ0v) is 14.5. The third-order valence-corrected chi connectivity index (χ3v) is 4.07. The number of carbonyl (C=O) groups excluding carboxylic acids is 1. The van der Waals surface area contributed by atoms with Gasteiger partial charge in [0, 0.05) is 11.0 Å². The lowest BCUT2D eigenvalue weighted by molar-refractivity contribution is -0.140. The highest BCUT2D eigenvalue weighted by atomic mass is 79.9. The number of carbonyl (C=O) groups is 1. The maximum Gasteiger partial charge on any atom is 0.239 e. The quantitative estimate of drug-likeness (QED) is 0.878. The predicted molar refractivity (Wildman–Crippen MR) is 89.5 cm³/mol. The van der Waals surface area contributed by atoms with Gasteiger partial charge in [-0.2, -0.15) is 0 Å². The van der Waals surface area contributed by atoms with Gasteiger partial charge in [0.1, 0.15) is 6.10 Å². The van der Waals surface area contributed by atoms with Crippen molar-refractivity contribution in [2.45, 2.75) is 31.9 Å². The molecule has 0 aromatic heterocycles. The maximum atomic E-state index is 12.3. The molecular formula is C15H22BrClN2O2. The molecule has 1 amide bonds. The van der Waals surface area contributed by atoms with Crippen molar-refractivity contribution in [3.8, 4) is 0 Å². The minimum atomic E-state index is -0.385. The van der Waals surface area contributed by atoms with E-state index in [-0.39, 0.29) is 30.5 Å². The second-order valence-corrected chi connectivity index (χ2v) is 6.01. The van der Waals surface area contributed by atoms with E-state index in [1.807, 2.05) is 36.1 Å². The van der Waals surface area contributed by atoms with Gasteiger partial charge in [0.15, 0.2) is 0 Å². The van der Waals surface area contributed by atoms with Crippen molar-refractivity contribution in [2.24, 2.45) is 5.73 Å². The number of ether oxygens (including phenoxy) is 1. The summed E-state index contributed by atoms with van der Waals surface area (Å²) in [7, 11) is 0. The molecule has 1 fully saturated rings. The molecule has 1 aliphatic heterocycles. The summed E-state index contributed by atoms with van der Waals surface area (Å²) in [5, 5.41) is 0. The zero-order chi connectivity index (χ0) is 14.5. The van der Waals surface area contributed by atoms with Crippen molar-refractivity contribution in [3.63, 3.8) is 0 Å². The van der Waals surface area contributed by atoms with Crippen molar-refractivity contribution in [3.05, 3.63) is 34.3 Å². The van der Waals surface area contributed by atoms with Gasteiger partial charge in [-0.1, -0.05) is 41.4 Å². The summed E-state index contributed by atoms with van der Waals surface area (Å²) in [6, 6.07) is 7.64. The minimum Gasteiger partial charge on any atom is -0.370 e. The second kappa shape index (κ2) is 8.73. The smallest absolute Gasteiger partial charge is 0.239 e. The number of morpholine rings is 1. The van der Waals surface area contributed by atoms with Crippen LogP contribution in [0.15, 0.2) is 28.7 Å². The fraction of sp³-hybridized carbons (Fsp3) is 0.533. The Morgan fingerprint density at radius 1 is 1.48 bits per heavy atom. The highest BCUT2D eigenvalue weighted by Crippen LogP contribution is 2.24. The molecule has 4 nitrogen and oxygen atoms in total. The van der Waals surface area contributed by atoms with Crippen LogP contribution in [0.2, 0.25) is 0 Å².